The summed E-state index contributed by atoms with van der Waals surface area (Å²) in [6, 6.07) is 20.0. The van der Waals surface area contributed by atoms with E-state index in [1.807, 2.05) is 40.9 Å². The summed E-state index contributed by atoms with van der Waals surface area (Å²) >= 11 is 1.72. The Morgan fingerprint density at radius 2 is 1.72 bits per heavy atom. The van der Waals surface area contributed by atoms with Crippen molar-refractivity contribution in [3.63, 3.8) is 0 Å². The molecular formula is C20H14N4S. The molecule has 120 valence electrons. The number of fused-ring (bicyclic) bond motifs is 1. The molecule has 0 spiro atoms. The molecule has 0 aliphatic heterocycles. The average Bonchev–Trinajstić information content (AvgIpc) is 3.07. The molecule has 0 fully saturated rings. The van der Waals surface area contributed by atoms with Crippen molar-refractivity contribution in [1.29, 1.82) is 5.26 Å². The van der Waals surface area contributed by atoms with E-state index in [0.29, 0.717) is 11.3 Å². The molecule has 2 heterocycles. The lowest BCUT2D eigenvalue weighted by Crippen LogP contribution is -1.90. The number of nitrogens with zero attached hydrogens (tertiary/aromatic N) is 4. The van der Waals surface area contributed by atoms with Gasteiger partial charge in [-0.1, -0.05) is 24.3 Å². The minimum Gasteiger partial charge on any atom is -0.283 e. The SMILES string of the molecule is CSc1ccc(-c2c(-c3ccc(C#N)cc3)nc3ncccn23)cc1. The Morgan fingerprint density at radius 1 is 1.00 bits per heavy atom. The lowest BCUT2D eigenvalue weighted by atomic mass is 10.0. The van der Waals surface area contributed by atoms with Crippen LogP contribution >= 0.6 is 11.8 Å². The summed E-state index contributed by atoms with van der Waals surface area (Å²) in [5.41, 5.74) is 4.54. The van der Waals surface area contributed by atoms with E-state index in [1.165, 1.54) is 4.90 Å². The third-order valence-electron chi connectivity index (χ3n) is 4.05. The summed E-state index contributed by atoms with van der Waals surface area (Å²) in [6.07, 6.45) is 5.78. The zero-order valence-electron chi connectivity index (χ0n) is 13.5. The van der Waals surface area contributed by atoms with Crippen LogP contribution in [0.4, 0.5) is 0 Å². The molecule has 5 heteroatoms. The zero-order valence-corrected chi connectivity index (χ0v) is 14.4. The molecular weight excluding hydrogens is 328 g/mol. The van der Waals surface area contributed by atoms with Gasteiger partial charge in [-0.3, -0.25) is 4.40 Å². The van der Waals surface area contributed by atoms with Gasteiger partial charge in [0.2, 0.25) is 5.78 Å². The van der Waals surface area contributed by atoms with Crippen LogP contribution in [0.15, 0.2) is 71.9 Å². The van der Waals surface area contributed by atoms with Crippen molar-refractivity contribution in [2.24, 2.45) is 0 Å². The molecule has 0 aliphatic rings. The smallest absolute Gasteiger partial charge is 0.234 e. The summed E-state index contributed by atoms with van der Waals surface area (Å²) in [5.74, 6) is 0.658. The van der Waals surface area contributed by atoms with Crippen LogP contribution in [-0.4, -0.2) is 20.6 Å². The Kier molecular flexibility index (Phi) is 3.96. The first-order chi connectivity index (χ1) is 12.3. The van der Waals surface area contributed by atoms with Crippen LogP contribution in [0.25, 0.3) is 28.3 Å². The molecule has 0 bridgehead atoms. The third-order valence-corrected chi connectivity index (χ3v) is 4.80. The third kappa shape index (κ3) is 2.77. The summed E-state index contributed by atoms with van der Waals surface area (Å²) in [4.78, 5) is 10.3. The first-order valence-electron chi connectivity index (χ1n) is 7.78. The second-order valence-corrected chi connectivity index (χ2v) is 6.40. The van der Waals surface area contributed by atoms with Crippen molar-refractivity contribution in [3.8, 4) is 28.6 Å². The second-order valence-electron chi connectivity index (χ2n) is 5.52. The fourth-order valence-electron chi connectivity index (χ4n) is 2.82. The molecule has 4 rings (SSSR count). The topological polar surface area (TPSA) is 54.0 Å². The summed E-state index contributed by atoms with van der Waals surface area (Å²) in [5, 5.41) is 9.01. The number of hydrogen-bond acceptors (Lipinski definition) is 4. The van der Waals surface area contributed by atoms with E-state index in [4.69, 9.17) is 10.2 Å². The molecule has 4 nitrogen and oxygen atoms in total. The Hall–Kier alpha value is -3.10. The number of aromatic nitrogens is 3. The molecule has 0 unspecified atom stereocenters. The van der Waals surface area contributed by atoms with Crippen molar-refractivity contribution in [2.75, 3.05) is 6.26 Å². The normalized spacial score (nSPS) is 10.7. The van der Waals surface area contributed by atoms with Gasteiger partial charge in [0, 0.05) is 28.4 Å². The maximum Gasteiger partial charge on any atom is 0.234 e. The van der Waals surface area contributed by atoms with Gasteiger partial charge in [-0.05, 0) is 36.6 Å². The van der Waals surface area contributed by atoms with Gasteiger partial charge in [-0.2, -0.15) is 5.26 Å². The van der Waals surface area contributed by atoms with Gasteiger partial charge in [0.15, 0.2) is 0 Å². The highest BCUT2D eigenvalue weighted by Crippen LogP contribution is 2.33. The van der Waals surface area contributed by atoms with E-state index in [2.05, 4.69) is 41.6 Å². The quantitative estimate of drug-likeness (QED) is 0.508. The van der Waals surface area contributed by atoms with Crippen LogP contribution in [0, 0.1) is 11.3 Å². The van der Waals surface area contributed by atoms with E-state index in [9.17, 15) is 0 Å². The van der Waals surface area contributed by atoms with Crippen LogP contribution in [0.5, 0.6) is 0 Å². The van der Waals surface area contributed by atoms with Crippen molar-refractivity contribution in [2.45, 2.75) is 4.90 Å². The lowest BCUT2D eigenvalue weighted by molar-refractivity contribution is 1.11. The first kappa shape index (κ1) is 15.4. The average molecular weight is 342 g/mol. The molecule has 0 radical (unpaired) electrons. The monoisotopic (exact) mass is 342 g/mol. The van der Waals surface area contributed by atoms with E-state index >= 15 is 0 Å². The molecule has 0 aliphatic carbocycles. The predicted octanol–water partition coefficient (Wildman–Crippen LogP) is 4.66. The number of benzene rings is 2. The van der Waals surface area contributed by atoms with E-state index in [0.717, 1.165) is 22.5 Å². The van der Waals surface area contributed by atoms with Gasteiger partial charge < -0.3 is 0 Å². The minimum absolute atomic E-state index is 0.636. The van der Waals surface area contributed by atoms with Gasteiger partial charge >= 0.3 is 0 Å². The van der Waals surface area contributed by atoms with Crippen molar-refractivity contribution >= 4 is 17.5 Å². The van der Waals surface area contributed by atoms with Crippen LogP contribution in [-0.2, 0) is 0 Å². The van der Waals surface area contributed by atoms with Crippen LogP contribution in [0.1, 0.15) is 5.56 Å². The van der Waals surface area contributed by atoms with Crippen LogP contribution < -0.4 is 0 Å². The highest BCUT2D eigenvalue weighted by molar-refractivity contribution is 7.98. The fourth-order valence-corrected chi connectivity index (χ4v) is 3.22. The number of hydrogen-bond donors (Lipinski definition) is 0. The molecule has 0 N–H and O–H groups in total. The van der Waals surface area contributed by atoms with Gasteiger partial charge in [0.25, 0.3) is 0 Å². The highest BCUT2D eigenvalue weighted by atomic mass is 32.2. The van der Waals surface area contributed by atoms with Gasteiger partial charge in [-0.25, -0.2) is 9.97 Å². The number of rotatable bonds is 3. The largest absolute Gasteiger partial charge is 0.283 e. The standard InChI is InChI=1S/C20H14N4S/c1-25-17-9-7-16(8-10-17)19-18(15-5-3-14(13-21)4-6-15)23-20-22-11-2-12-24(19)20/h2-12H,1H3. The molecule has 0 saturated carbocycles. The van der Waals surface area contributed by atoms with E-state index < -0.39 is 0 Å². The van der Waals surface area contributed by atoms with Crippen molar-refractivity contribution in [1.82, 2.24) is 14.4 Å². The Labute approximate surface area is 149 Å². The number of nitriles is 1. The Morgan fingerprint density at radius 3 is 2.40 bits per heavy atom. The molecule has 0 atom stereocenters. The van der Waals surface area contributed by atoms with Gasteiger partial charge in [0.1, 0.15) is 0 Å². The minimum atomic E-state index is 0.636. The maximum absolute atomic E-state index is 9.01. The van der Waals surface area contributed by atoms with E-state index in [1.54, 1.807) is 18.0 Å². The summed E-state index contributed by atoms with van der Waals surface area (Å²) in [7, 11) is 0. The van der Waals surface area contributed by atoms with Crippen LogP contribution in [0.2, 0.25) is 0 Å². The predicted molar refractivity (Wildman–Crippen MR) is 100 cm³/mol. The molecule has 4 aromatic rings. The first-order valence-corrected chi connectivity index (χ1v) is 9.00. The molecule has 0 saturated heterocycles. The highest BCUT2D eigenvalue weighted by Gasteiger charge is 2.16. The van der Waals surface area contributed by atoms with Gasteiger partial charge in [0.05, 0.1) is 23.0 Å². The molecule has 0 amide bonds. The summed E-state index contributed by atoms with van der Waals surface area (Å²) in [6.45, 7) is 0. The molecule has 25 heavy (non-hydrogen) atoms. The number of thioether (sulfide) groups is 1. The van der Waals surface area contributed by atoms with Crippen molar-refractivity contribution < 1.29 is 0 Å². The molecule has 2 aromatic carbocycles. The van der Waals surface area contributed by atoms with E-state index in [-0.39, 0.29) is 0 Å². The number of imidazole rings is 1. The van der Waals surface area contributed by atoms with Crippen LogP contribution in [0.3, 0.4) is 0 Å². The zero-order chi connectivity index (χ0) is 17.2. The Balaban J connectivity index is 1.95. The summed E-state index contributed by atoms with van der Waals surface area (Å²) < 4.78 is 2.00. The maximum atomic E-state index is 9.01. The second kappa shape index (κ2) is 6.42. The molecule has 2 aromatic heterocycles. The van der Waals surface area contributed by atoms with Gasteiger partial charge in [-0.15, -0.1) is 11.8 Å². The van der Waals surface area contributed by atoms with Crippen molar-refractivity contribution in [3.05, 3.63) is 72.6 Å². The fraction of sp³-hybridized carbons (Fsp3) is 0.0500. The Bertz CT molecular complexity index is 1070. The lowest BCUT2D eigenvalue weighted by Gasteiger charge is -2.06.